The summed E-state index contributed by atoms with van der Waals surface area (Å²) in [5, 5.41) is 0. The molecule has 0 fully saturated rings. The highest BCUT2D eigenvalue weighted by Gasteiger charge is 2.21. The van der Waals surface area contributed by atoms with Crippen LogP contribution in [0.2, 0.25) is 0 Å². The fourth-order valence-corrected chi connectivity index (χ4v) is 2.27. The van der Waals surface area contributed by atoms with Crippen LogP contribution in [0.4, 0.5) is 10.5 Å². The van der Waals surface area contributed by atoms with Crippen LogP contribution in [-0.2, 0) is 0 Å². The summed E-state index contributed by atoms with van der Waals surface area (Å²) >= 11 is 0. The number of rotatable bonds is 4. The first-order valence-corrected chi connectivity index (χ1v) is 7.24. The molecule has 4 heteroatoms. The van der Waals surface area contributed by atoms with E-state index in [1.165, 1.54) is 0 Å². The molecule has 0 saturated carbocycles. The van der Waals surface area contributed by atoms with Crippen molar-refractivity contribution in [3.63, 3.8) is 0 Å². The number of urea groups is 1. The zero-order valence-corrected chi connectivity index (χ0v) is 13.5. The molecule has 116 valence electrons. The van der Waals surface area contributed by atoms with Crippen LogP contribution in [0.25, 0.3) is 0 Å². The molecule has 0 heterocycles. The molecule has 0 radical (unpaired) electrons. The van der Waals surface area contributed by atoms with E-state index in [4.69, 9.17) is 4.74 Å². The Kier molecular flexibility index (Phi) is 5.04. The summed E-state index contributed by atoms with van der Waals surface area (Å²) in [6, 6.07) is 17.4. The Morgan fingerprint density at radius 1 is 1.00 bits per heavy atom. The Morgan fingerprint density at radius 3 is 2.14 bits per heavy atom. The molecule has 0 aromatic heterocycles. The normalized spacial score (nSPS) is 11.6. The molecule has 4 nitrogen and oxygen atoms in total. The first-order valence-electron chi connectivity index (χ1n) is 7.24. The molecule has 0 unspecified atom stereocenters. The third-order valence-electron chi connectivity index (χ3n) is 3.91. The number of hydrogen-bond acceptors (Lipinski definition) is 2. The summed E-state index contributed by atoms with van der Waals surface area (Å²) in [4.78, 5) is 16.0. The summed E-state index contributed by atoms with van der Waals surface area (Å²) < 4.78 is 5.14. The summed E-state index contributed by atoms with van der Waals surface area (Å²) in [6.07, 6.45) is 0. The van der Waals surface area contributed by atoms with Gasteiger partial charge < -0.3 is 9.64 Å². The van der Waals surface area contributed by atoms with Crippen LogP contribution in [0.5, 0.6) is 5.75 Å². The van der Waals surface area contributed by atoms with Gasteiger partial charge in [-0.1, -0.05) is 30.3 Å². The van der Waals surface area contributed by atoms with Gasteiger partial charge in [-0.15, -0.1) is 0 Å². The van der Waals surface area contributed by atoms with Gasteiger partial charge in [-0.05, 0) is 36.8 Å². The molecule has 0 aliphatic rings. The second-order valence-corrected chi connectivity index (χ2v) is 5.24. The summed E-state index contributed by atoms with van der Waals surface area (Å²) in [7, 11) is 5.22. The van der Waals surface area contributed by atoms with Crippen molar-refractivity contribution >= 4 is 11.7 Å². The standard InChI is InChI=1S/C18H22N2O2/c1-14(15-8-6-5-7-9-15)19(2)18(21)20(3)16-10-12-17(22-4)13-11-16/h5-14H,1-4H3/t14-/m0/s1. The number of carbonyl (C=O) groups excluding carboxylic acids is 1. The number of benzene rings is 2. The molecule has 0 N–H and O–H groups in total. The lowest BCUT2D eigenvalue weighted by Crippen LogP contribution is -2.40. The van der Waals surface area contributed by atoms with Crippen molar-refractivity contribution in [2.75, 3.05) is 26.1 Å². The van der Waals surface area contributed by atoms with E-state index >= 15 is 0 Å². The van der Waals surface area contributed by atoms with Crippen molar-refractivity contribution in [3.8, 4) is 5.75 Å². The second-order valence-electron chi connectivity index (χ2n) is 5.24. The van der Waals surface area contributed by atoms with Gasteiger partial charge in [0, 0.05) is 19.8 Å². The third-order valence-corrected chi connectivity index (χ3v) is 3.91. The van der Waals surface area contributed by atoms with Crippen LogP contribution in [0.15, 0.2) is 54.6 Å². The first-order chi connectivity index (χ1) is 10.5. The van der Waals surface area contributed by atoms with Crippen LogP contribution >= 0.6 is 0 Å². The van der Waals surface area contributed by atoms with Gasteiger partial charge in [-0.2, -0.15) is 0 Å². The lowest BCUT2D eigenvalue weighted by molar-refractivity contribution is 0.202. The minimum atomic E-state index is -0.0541. The molecular weight excluding hydrogens is 276 g/mol. The molecule has 0 bridgehead atoms. The number of amides is 2. The summed E-state index contributed by atoms with van der Waals surface area (Å²) in [5.74, 6) is 0.774. The molecule has 1 atom stereocenters. The number of ether oxygens (including phenoxy) is 1. The molecule has 2 aromatic rings. The van der Waals surface area contributed by atoms with E-state index < -0.39 is 0 Å². The topological polar surface area (TPSA) is 32.8 Å². The minimum absolute atomic E-state index is 0.00870. The van der Waals surface area contributed by atoms with Gasteiger partial charge in [0.2, 0.25) is 0 Å². The average Bonchev–Trinajstić information content (AvgIpc) is 2.60. The second kappa shape index (κ2) is 6.98. The molecule has 2 amide bonds. The Hall–Kier alpha value is -2.49. The van der Waals surface area contributed by atoms with Gasteiger partial charge in [0.25, 0.3) is 0 Å². The highest BCUT2D eigenvalue weighted by atomic mass is 16.5. The number of hydrogen-bond donors (Lipinski definition) is 0. The average molecular weight is 298 g/mol. The summed E-state index contributed by atoms with van der Waals surface area (Å²) in [5.41, 5.74) is 1.94. The van der Waals surface area contributed by atoms with Crippen molar-refractivity contribution in [1.29, 1.82) is 0 Å². The van der Waals surface area contributed by atoms with E-state index in [0.29, 0.717) is 0 Å². The molecule has 22 heavy (non-hydrogen) atoms. The van der Waals surface area contributed by atoms with Crippen LogP contribution in [-0.4, -0.2) is 32.1 Å². The van der Waals surface area contributed by atoms with Crippen LogP contribution in [0.3, 0.4) is 0 Å². The van der Waals surface area contributed by atoms with Crippen molar-refractivity contribution in [2.24, 2.45) is 0 Å². The quantitative estimate of drug-likeness (QED) is 0.856. The molecular formula is C18H22N2O2. The van der Waals surface area contributed by atoms with E-state index in [0.717, 1.165) is 17.0 Å². The van der Waals surface area contributed by atoms with Gasteiger partial charge in [-0.25, -0.2) is 4.79 Å². The van der Waals surface area contributed by atoms with Crippen LogP contribution < -0.4 is 9.64 Å². The smallest absolute Gasteiger partial charge is 0.324 e. The largest absolute Gasteiger partial charge is 0.497 e. The van der Waals surface area contributed by atoms with Gasteiger partial charge in [0.1, 0.15) is 5.75 Å². The number of methoxy groups -OCH3 is 1. The zero-order chi connectivity index (χ0) is 16.1. The van der Waals surface area contributed by atoms with Crippen molar-refractivity contribution in [2.45, 2.75) is 13.0 Å². The summed E-state index contributed by atoms with van der Waals surface area (Å²) in [6.45, 7) is 2.02. The Balaban J connectivity index is 2.11. The Bertz CT molecular complexity index is 611. The third kappa shape index (κ3) is 3.39. The molecule has 0 saturated heterocycles. The highest BCUT2D eigenvalue weighted by Crippen LogP contribution is 2.23. The van der Waals surface area contributed by atoms with E-state index in [1.54, 1.807) is 24.0 Å². The highest BCUT2D eigenvalue weighted by molar-refractivity contribution is 5.91. The van der Waals surface area contributed by atoms with Gasteiger partial charge in [-0.3, -0.25) is 4.90 Å². The number of carbonyl (C=O) groups is 1. The van der Waals surface area contributed by atoms with Crippen LogP contribution in [0, 0.1) is 0 Å². The van der Waals surface area contributed by atoms with Gasteiger partial charge in [0.05, 0.1) is 13.2 Å². The Morgan fingerprint density at radius 2 is 1.59 bits per heavy atom. The van der Waals surface area contributed by atoms with Crippen LogP contribution in [0.1, 0.15) is 18.5 Å². The SMILES string of the molecule is COc1ccc(N(C)C(=O)N(C)[C@@H](C)c2ccccc2)cc1. The zero-order valence-electron chi connectivity index (χ0n) is 13.5. The maximum atomic E-state index is 12.6. The predicted molar refractivity (Wildman–Crippen MR) is 89.4 cm³/mol. The monoisotopic (exact) mass is 298 g/mol. The van der Waals surface area contributed by atoms with Crippen molar-refractivity contribution in [3.05, 3.63) is 60.2 Å². The minimum Gasteiger partial charge on any atom is -0.497 e. The van der Waals surface area contributed by atoms with E-state index in [9.17, 15) is 4.79 Å². The van der Waals surface area contributed by atoms with Crippen molar-refractivity contribution < 1.29 is 9.53 Å². The maximum absolute atomic E-state index is 12.6. The van der Waals surface area contributed by atoms with E-state index in [2.05, 4.69) is 0 Å². The fourth-order valence-electron chi connectivity index (χ4n) is 2.27. The predicted octanol–water partition coefficient (Wildman–Crippen LogP) is 3.94. The molecule has 0 aliphatic carbocycles. The van der Waals surface area contributed by atoms with Gasteiger partial charge in [0.15, 0.2) is 0 Å². The molecule has 2 aromatic carbocycles. The number of nitrogens with zero attached hydrogens (tertiary/aromatic N) is 2. The molecule has 0 aliphatic heterocycles. The Labute approximate surface area is 131 Å². The van der Waals surface area contributed by atoms with E-state index in [-0.39, 0.29) is 12.1 Å². The molecule has 0 spiro atoms. The van der Waals surface area contributed by atoms with Crippen molar-refractivity contribution in [1.82, 2.24) is 4.90 Å². The fraction of sp³-hybridized carbons (Fsp3) is 0.278. The van der Waals surface area contributed by atoms with E-state index in [1.807, 2.05) is 68.6 Å². The maximum Gasteiger partial charge on any atom is 0.324 e. The van der Waals surface area contributed by atoms with Gasteiger partial charge >= 0.3 is 6.03 Å². The first kappa shape index (κ1) is 15.9. The lowest BCUT2D eigenvalue weighted by atomic mass is 10.1. The molecule has 2 rings (SSSR count). The number of anilines is 1. The lowest BCUT2D eigenvalue weighted by Gasteiger charge is -2.30.